The van der Waals surface area contributed by atoms with Crippen molar-refractivity contribution in [3.63, 3.8) is 0 Å². The summed E-state index contributed by atoms with van der Waals surface area (Å²) < 4.78 is 5.47. The van der Waals surface area contributed by atoms with Crippen LogP contribution in [0.4, 0.5) is 0 Å². The highest BCUT2D eigenvalue weighted by Gasteiger charge is 2.46. The Bertz CT molecular complexity index is 1120. The first-order chi connectivity index (χ1) is 15.4. The first-order valence-corrected chi connectivity index (χ1v) is 11.4. The van der Waals surface area contributed by atoms with Crippen LogP contribution in [0, 0.1) is 5.41 Å². The van der Waals surface area contributed by atoms with Crippen LogP contribution < -0.4 is 4.74 Å². The summed E-state index contributed by atoms with van der Waals surface area (Å²) in [4.78, 5) is 24.4. The van der Waals surface area contributed by atoms with Crippen LogP contribution in [0.25, 0.3) is 17.2 Å². The Labute approximate surface area is 189 Å². The van der Waals surface area contributed by atoms with Gasteiger partial charge in [-0.05, 0) is 72.2 Å². The predicted octanol–water partition coefficient (Wildman–Crippen LogP) is 6.19. The van der Waals surface area contributed by atoms with Crippen LogP contribution in [-0.4, -0.2) is 24.0 Å². The number of benzene rings is 2. The predicted molar refractivity (Wildman–Crippen MR) is 127 cm³/mol. The summed E-state index contributed by atoms with van der Waals surface area (Å²) >= 11 is 0. The number of ether oxygens (including phenoxy) is 1. The van der Waals surface area contributed by atoms with Gasteiger partial charge in [-0.2, -0.15) is 0 Å². The van der Waals surface area contributed by atoms with Gasteiger partial charge < -0.3 is 9.84 Å². The van der Waals surface area contributed by atoms with Crippen LogP contribution in [0.2, 0.25) is 0 Å². The number of hydrogen-bond acceptors (Lipinski definition) is 3. The number of carboxylic acids is 1. The number of methoxy groups -OCH3 is 1. The molecular formula is C28H30O4. The van der Waals surface area contributed by atoms with Gasteiger partial charge in [-0.3, -0.25) is 4.79 Å². The Morgan fingerprint density at radius 2 is 1.94 bits per heavy atom. The molecule has 0 saturated heterocycles. The zero-order chi connectivity index (χ0) is 22.9. The first kappa shape index (κ1) is 22.1. The van der Waals surface area contributed by atoms with Gasteiger partial charge in [0.15, 0.2) is 5.78 Å². The zero-order valence-corrected chi connectivity index (χ0v) is 19.0. The van der Waals surface area contributed by atoms with Gasteiger partial charge in [-0.1, -0.05) is 50.1 Å². The van der Waals surface area contributed by atoms with Gasteiger partial charge in [0.1, 0.15) is 5.75 Å². The van der Waals surface area contributed by atoms with E-state index in [1.165, 1.54) is 16.7 Å². The van der Waals surface area contributed by atoms with Gasteiger partial charge in [-0.15, -0.1) is 0 Å². The molecule has 166 valence electrons. The molecule has 0 fully saturated rings. The molecule has 4 heteroatoms. The third-order valence-electron chi connectivity index (χ3n) is 6.93. The average Bonchev–Trinajstić information content (AvgIpc) is 3.12. The molecule has 4 nitrogen and oxygen atoms in total. The molecule has 0 amide bonds. The van der Waals surface area contributed by atoms with Crippen LogP contribution in [0.3, 0.4) is 0 Å². The average molecular weight is 431 g/mol. The zero-order valence-electron chi connectivity index (χ0n) is 19.0. The first-order valence-electron chi connectivity index (χ1n) is 11.4. The number of fused-ring (bicyclic) bond motifs is 3. The van der Waals surface area contributed by atoms with E-state index in [1.54, 1.807) is 20.1 Å². The van der Waals surface area contributed by atoms with E-state index in [1.807, 2.05) is 30.3 Å². The standard InChI is InChI=1S/C28H30O4/c1-4-5-13-28-14-12-24(29)25(20-8-6-19(7-9-20)15-18(2)27(30)31)26(28)23-11-10-22(32-3)16-21(23)17-28/h6-11,15-16H,4-5,12-14,17H2,1-3H3,(H,30,31). The minimum absolute atomic E-state index is 0.00752. The number of aliphatic carboxylic acids is 1. The van der Waals surface area contributed by atoms with Crippen LogP contribution in [-0.2, 0) is 16.0 Å². The van der Waals surface area contributed by atoms with Crippen LogP contribution >= 0.6 is 0 Å². The van der Waals surface area contributed by atoms with Crippen molar-refractivity contribution in [3.05, 3.63) is 70.3 Å². The van der Waals surface area contributed by atoms with Crippen molar-refractivity contribution in [2.24, 2.45) is 5.41 Å². The molecule has 2 aromatic rings. The number of carbonyl (C=O) groups excluding carboxylic acids is 1. The van der Waals surface area contributed by atoms with Crippen LogP contribution in [0.1, 0.15) is 68.2 Å². The molecule has 0 aliphatic heterocycles. The maximum absolute atomic E-state index is 13.3. The fraction of sp³-hybridized carbons (Fsp3) is 0.357. The van der Waals surface area contributed by atoms with E-state index >= 15 is 0 Å². The van der Waals surface area contributed by atoms with Crippen molar-refractivity contribution in [1.82, 2.24) is 0 Å². The normalized spacial score (nSPS) is 20.2. The van der Waals surface area contributed by atoms with Crippen LogP contribution in [0.5, 0.6) is 5.75 Å². The summed E-state index contributed by atoms with van der Waals surface area (Å²) in [5.41, 5.74) is 6.48. The SMILES string of the molecule is CCCCC12CCC(=O)C(c3ccc(C=C(C)C(=O)O)cc3)=C1c1ccc(OC)cc1C2. The molecule has 2 aliphatic rings. The fourth-order valence-electron chi connectivity index (χ4n) is 5.27. The summed E-state index contributed by atoms with van der Waals surface area (Å²) in [5.74, 6) is 0.118. The number of unbranched alkanes of at least 4 members (excludes halogenated alkanes) is 1. The van der Waals surface area contributed by atoms with Gasteiger partial charge in [0.2, 0.25) is 0 Å². The van der Waals surface area contributed by atoms with Crippen molar-refractivity contribution in [2.45, 2.75) is 52.4 Å². The quantitative estimate of drug-likeness (QED) is 0.532. The molecule has 1 N–H and O–H groups in total. The highest BCUT2D eigenvalue weighted by atomic mass is 16.5. The van der Waals surface area contributed by atoms with Crippen molar-refractivity contribution in [3.8, 4) is 5.75 Å². The fourth-order valence-corrected chi connectivity index (χ4v) is 5.27. The third kappa shape index (κ3) is 3.90. The summed E-state index contributed by atoms with van der Waals surface area (Å²) in [6.07, 6.45) is 7.38. The number of carbonyl (C=O) groups is 2. The lowest BCUT2D eigenvalue weighted by Gasteiger charge is -2.36. The summed E-state index contributed by atoms with van der Waals surface area (Å²) in [5, 5.41) is 9.14. The number of Topliss-reactive ketones (excluding diaryl/α,β-unsaturated/α-hetero) is 1. The molecule has 0 aromatic heterocycles. The topological polar surface area (TPSA) is 63.6 Å². The molecule has 0 radical (unpaired) electrons. The van der Waals surface area contributed by atoms with Gasteiger partial charge in [0, 0.05) is 23.0 Å². The molecule has 0 bridgehead atoms. The highest BCUT2D eigenvalue weighted by molar-refractivity contribution is 6.30. The Hall–Kier alpha value is -3.14. The van der Waals surface area contributed by atoms with Crippen molar-refractivity contribution < 1.29 is 19.4 Å². The molecule has 2 aromatic carbocycles. The monoisotopic (exact) mass is 430 g/mol. The van der Waals surface area contributed by atoms with Crippen molar-refractivity contribution in [1.29, 1.82) is 0 Å². The number of carboxylic acid groups (broad SMARTS) is 1. The minimum atomic E-state index is -0.930. The molecular weight excluding hydrogens is 400 g/mol. The van der Waals surface area contributed by atoms with Gasteiger partial charge in [0.05, 0.1) is 7.11 Å². The summed E-state index contributed by atoms with van der Waals surface area (Å²) in [6.45, 7) is 3.79. The third-order valence-corrected chi connectivity index (χ3v) is 6.93. The van der Waals surface area contributed by atoms with Crippen LogP contribution in [0.15, 0.2) is 48.0 Å². The Morgan fingerprint density at radius 3 is 2.59 bits per heavy atom. The smallest absolute Gasteiger partial charge is 0.331 e. The maximum atomic E-state index is 13.3. The number of ketones is 1. The highest BCUT2D eigenvalue weighted by Crippen LogP contribution is 2.58. The van der Waals surface area contributed by atoms with Gasteiger partial charge in [0.25, 0.3) is 0 Å². The Morgan fingerprint density at radius 1 is 1.19 bits per heavy atom. The van der Waals surface area contributed by atoms with E-state index < -0.39 is 5.97 Å². The lowest BCUT2D eigenvalue weighted by Crippen LogP contribution is -2.28. The molecule has 0 heterocycles. The number of allylic oxidation sites excluding steroid dienone is 2. The molecule has 0 spiro atoms. The largest absolute Gasteiger partial charge is 0.497 e. The number of rotatable bonds is 7. The molecule has 0 saturated carbocycles. The summed E-state index contributed by atoms with van der Waals surface area (Å²) in [6, 6.07) is 13.9. The molecule has 2 aliphatic carbocycles. The van der Waals surface area contributed by atoms with E-state index in [4.69, 9.17) is 9.84 Å². The van der Waals surface area contributed by atoms with Gasteiger partial charge >= 0.3 is 5.97 Å². The second-order valence-electron chi connectivity index (χ2n) is 9.01. The minimum Gasteiger partial charge on any atom is -0.497 e. The van der Waals surface area contributed by atoms with Crippen molar-refractivity contribution >= 4 is 29.0 Å². The van der Waals surface area contributed by atoms with E-state index in [-0.39, 0.29) is 16.8 Å². The Balaban J connectivity index is 1.86. The number of hydrogen-bond donors (Lipinski definition) is 1. The lowest BCUT2D eigenvalue weighted by molar-refractivity contribution is -0.132. The van der Waals surface area contributed by atoms with Gasteiger partial charge in [-0.25, -0.2) is 4.79 Å². The second kappa shape index (κ2) is 8.78. The van der Waals surface area contributed by atoms with E-state index in [2.05, 4.69) is 19.1 Å². The maximum Gasteiger partial charge on any atom is 0.331 e. The summed E-state index contributed by atoms with van der Waals surface area (Å²) in [7, 11) is 1.69. The molecule has 1 unspecified atom stereocenters. The van der Waals surface area contributed by atoms with E-state index in [9.17, 15) is 9.59 Å². The lowest BCUT2D eigenvalue weighted by atomic mass is 9.66. The second-order valence-corrected chi connectivity index (χ2v) is 9.01. The van der Waals surface area contributed by atoms with Crippen molar-refractivity contribution in [2.75, 3.05) is 7.11 Å². The molecule has 4 rings (SSSR count). The Kier molecular flexibility index (Phi) is 6.05. The molecule has 1 atom stereocenters. The van der Waals surface area contributed by atoms with E-state index in [0.717, 1.165) is 54.6 Å². The van der Waals surface area contributed by atoms with E-state index in [0.29, 0.717) is 6.42 Å². The molecule has 32 heavy (non-hydrogen) atoms.